The molecule has 1 saturated heterocycles. The van der Waals surface area contributed by atoms with Crippen molar-refractivity contribution in [3.63, 3.8) is 0 Å². The van der Waals surface area contributed by atoms with Crippen LogP contribution in [0.1, 0.15) is 206 Å². The number of amides is 1. The van der Waals surface area contributed by atoms with E-state index in [9.17, 15) is 19.2 Å². The number of carbonyl (C=O) groups is 4. The first kappa shape index (κ1) is 44.5. The van der Waals surface area contributed by atoms with Gasteiger partial charge in [-0.1, -0.05) is 141 Å². The number of allylic oxidation sites excluding steroid dienone is 6. The van der Waals surface area contributed by atoms with Crippen molar-refractivity contribution in [1.29, 1.82) is 0 Å². The molecule has 1 amide bonds. The highest BCUT2D eigenvalue weighted by Crippen LogP contribution is 2.24. The second-order valence-electron chi connectivity index (χ2n) is 14.2. The zero-order valence-electron chi connectivity index (χ0n) is 31.7. The number of hydrogen-bond acceptors (Lipinski definition) is 5. The van der Waals surface area contributed by atoms with Gasteiger partial charge in [0.05, 0.1) is 0 Å². The first-order valence-electron chi connectivity index (χ1n) is 20.6. The smallest absolute Gasteiger partial charge is 0.334 e. The highest BCUT2D eigenvalue weighted by Gasteiger charge is 2.31. The summed E-state index contributed by atoms with van der Waals surface area (Å²) in [5.41, 5.74) is 0.773. The number of ether oxygens (including phenoxy) is 1. The standard InChI is InChI=1S/C43H73NO5/c1-3-5-7-9-11-13-15-17-19-21-23-25-27-29-31-33-38(42(40(46)37-45)49-43(48)39-35-36-41(47)44-39)34-32-30-28-26-24-22-20-18-16-14-12-10-8-6-4-2/h15-18,37,39H,3-14,19-36H2,1-2H3,(H,44,47)/t39-/m0/s1. The first-order chi connectivity index (χ1) is 24.0. The van der Waals surface area contributed by atoms with Crippen LogP contribution in [-0.2, 0) is 23.9 Å². The van der Waals surface area contributed by atoms with Crippen molar-refractivity contribution in [3.05, 3.63) is 35.6 Å². The number of hydrogen-bond donors (Lipinski definition) is 1. The highest BCUT2D eigenvalue weighted by molar-refractivity contribution is 6.32. The molecule has 1 aliphatic heterocycles. The maximum absolute atomic E-state index is 12.8. The van der Waals surface area contributed by atoms with E-state index < -0.39 is 17.8 Å². The largest absolute Gasteiger partial charge is 0.421 e. The number of rotatable bonds is 34. The third-order valence-corrected chi connectivity index (χ3v) is 9.62. The van der Waals surface area contributed by atoms with E-state index in [1.807, 2.05) is 0 Å². The average Bonchev–Trinajstić information content (AvgIpc) is 3.55. The predicted molar refractivity (Wildman–Crippen MR) is 204 cm³/mol. The quantitative estimate of drug-likeness (QED) is 0.0139. The average molecular weight is 684 g/mol. The van der Waals surface area contributed by atoms with Gasteiger partial charge in [-0.3, -0.25) is 14.4 Å². The van der Waals surface area contributed by atoms with E-state index in [4.69, 9.17) is 4.74 Å². The van der Waals surface area contributed by atoms with Crippen molar-refractivity contribution in [3.8, 4) is 0 Å². The summed E-state index contributed by atoms with van der Waals surface area (Å²) in [7, 11) is 0. The molecule has 1 rings (SSSR count). The molecular weight excluding hydrogens is 610 g/mol. The van der Waals surface area contributed by atoms with Crippen LogP contribution in [0.25, 0.3) is 0 Å². The molecule has 1 atom stereocenters. The fourth-order valence-electron chi connectivity index (χ4n) is 6.48. The molecule has 1 aliphatic rings. The van der Waals surface area contributed by atoms with Gasteiger partial charge in [0.15, 0.2) is 12.0 Å². The van der Waals surface area contributed by atoms with E-state index in [-0.39, 0.29) is 24.4 Å². The number of esters is 1. The third-order valence-electron chi connectivity index (χ3n) is 9.62. The molecule has 0 radical (unpaired) electrons. The van der Waals surface area contributed by atoms with Crippen LogP contribution in [0.15, 0.2) is 35.6 Å². The van der Waals surface area contributed by atoms with Crippen LogP contribution in [0, 0.1) is 0 Å². The molecule has 280 valence electrons. The fraction of sp³-hybridized carbons (Fsp3) is 0.767. The number of nitrogens with one attached hydrogen (secondary N) is 1. The van der Waals surface area contributed by atoms with E-state index in [2.05, 4.69) is 43.5 Å². The molecule has 0 saturated carbocycles. The lowest BCUT2D eigenvalue weighted by Crippen LogP contribution is -2.35. The van der Waals surface area contributed by atoms with Crippen molar-refractivity contribution >= 4 is 23.9 Å². The van der Waals surface area contributed by atoms with Crippen LogP contribution in [0.4, 0.5) is 0 Å². The van der Waals surface area contributed by atoms with Crippen LogP contribution in [0.5, 0.6) is 0 Å². The van der Waals surface area contributed by atoms with E-state index >= 15 is 0 Å². The Balaban J connectivity index is 2.45. The highest BCUT2D eigenvalue weighted by atomic mass is 16.5. The number of aldehydes is 1. The van der Waals surface area contributed by atoms with Gasteiger partial charge < -0.3 is 10.1 Å². The van der Waals surface area contributed by atoms with Crippen LogP contribution >= 0.6 is 0 Å². The SMILES string of the molecule is CCCCCCCC=CCCCCCCCCC(CCCCCCCCC=CCCCCCCC)=C(OC(=O)[C@@H]1CCC(=O)N1)C(=O)C=O. The molecule has 0 spiro atoms. The summed E-state index contributed by atoms with van der Waals surface area (Å²) >= 11 is 0. The summed E-state index contributed by atoms with van der Waals surface area (Å²) in [6.07, 6.45) is 43.0. The molecule has 0 aromatic carbocycles. The summed E-state index contributed by atoms with van der Waals surface area (Å²) in [6.45, 7) is 4.51. The number of Topliss-reactive ketones (excluding diaryl/α,β-unsaturated/α-hetero) is 1. The normalized spacial score (nSPS) is 14.5. The zero-order valence-corrected chi connectivity index (χ0v) is 31.7. The maximum atomic E-state index is 12.8. The van der Waals surface area contributed by atoms with Gasteiger partial charge in [0.2, 0.25) is 5.91 Å². The zero-order chi connectivity index (χ0) is 35.6. The summed E-state index contributed by atoms with van der Waals surface area (Å²) in [4.78, 5) is 48.7. The second kappa shape index (κ2) is 32.7. The Kier molecular flexibility index (Phi) is 29.7. The number of unbranched alkanes of at least 4 members (excludes halogenated alkanes) is 22. The third kappa shape index (κ3) is 25.2. The molecule has 0 aromatic heterocycles. The minimum atomic E-state index is -0.782. The lowest BCUT2D eigenvalue weighted by Gasteiger charge is -2.16. The summed E-state index contributed by atoms with van der Waals surface area (Å²) in [5.74, 6) is -1.73. The van der Waals surface area contributed by atoms with Crippen LogP contribution in [-0.4, -0.2) is 30.0 Å². The van der Waals surface area contributed by atoms with Gasteiger partial charge in [0, 0.05) is 6.42 Å². The Morgan fingerprint density at radius 2 is 1.00 bits per heavy atom. The first-order valence-corrected chi connectivity index (χ1v) is 20.6. The number of carbonyl (C=O) groups excluding carboxylic acids is 4. The molecule has 6 heteroatoms. The minimum absolute atomic E-state index is 0.101. The Hall–Kier alpha value is -2.50. The van der Waals surface area contributed by atoms with Crippen LogP contribution in [0.2, 0.25) is 0 Å². The van der Waals surface area contributed by atoms with Crippen molar-refractivity contribution in [2.75, 3.05) is 0 Å². The summed E-state index contributed by atoms with van der Waals surface area (Å²) < 4.78 is 5.58. The van der Waals surface area contributed by atoms with Crippen molar-refractivity contribution in [1.82, 2.24) is 5.32 Å². The van der Waals surface area contributed by atoms with E-state index in [1.165, 1.54) is 116 Å². The van der Waals surface area contributed by atoms with Gasteiger partial charge in [0.1, 0.15) is 6.04 Å². The fourth-order valence-corrected chi connectivity index (χ4v) is 6.48. The Morgan fingerprint density at radius 1 is 0.612 bits per heavy atom. The topological polar surface area (TPSA) is 89.5 Å². The van der Waals surface area contributed by atoms with Gasteiger partial charge in [-0.2, -0.15) is 0 Å². The maximum Gasteiger partial charge on any atom is 0.334 e. The monoisotopic (exact) mass is 684 g/mol. The van der Waals surface area contributed by atoms with E-state index in [0.717, 1.165) is 56.9 Å². The molecule has 1 N–H and O–H groups in total. The molecular formula is C43H73NO5. The second-order valence-corrected chi connectivity index (χ2v) is 14.2. The minimum Gasteiger partial charge on any atom is -0.421 e. The van der Waals surface area contributed by atoms with Crippen molar-refractivity contribution < 1.29 is 23.9 Å². The summed E-state index contributed by atoms with van der Waals surface area (Å²) in [5, 5.41) is 2.61. The van der Waals surface area contributed by atoms with Crippen LogP contribution in [0.3, 0.4) is 0 Å². The van der Waals surface area contributed by atoms with Crippen LogP contribution < -0.4 is 5.32 Å². The lowest BCUT2D eigenvalue weighted by molar-refractivity contribution is -0.145. The molecule has 49 heavy (non-hydrogen) atoms. The van der Waals surface area contributed by atoms with E-state index in [0.29, 0.717) is 19.3 Å². The molecule has 1 fully saturated rings. The van der Waals surface area contributed by atoms with Crippen molar-refractivity contribution in [2.24, 2.45) is 0 Å². The van der Waals surface area contributed by atoms with E-state index in [1.54, 1.807) is 0 Å². The molecule has 6 nitrogen and oxygen atoms in total. The molecule has 0 unspecified atom stereocenters. The van der Waals surface area contributed by atoms with Crippen molar-refractivity contribution in [2.45, 2.75) is 213 Å². The Labute approximate surface area is 300 Å². The number of ketones is 1. The predicted octanol–water partition coefficient (Wildman–Crippen LogP) is 11.9. The Morgan fingerprint density at radius 3 is 1.37 bits per heavy atom. The summed E-state index contributed by atoms with van der Waals surface area (Å²) in [6, 6.07) is -0.760. The molecule has 0 aliphatic carbocycles. The molecule has 0 bridgehead atoms. The van der Waals surface area contributed by atoms with Gasteiger partial charge in [0.25, 0.3) is 5.78 Å². The van der Waals surface area contributed by atoms with Gasteiger partial charge >= 0.3 is 5.97 Å². The van der Waals surface area contributed by atoms with Gasteiger partial charge in [-0.25, -0.2) is 4.79 Å². The Bertz CT molecular complexity index is 923. The van der Waals surface area contributed by atoms with Gasteiger partial charge in [-0.05, 0) is 89.0 Å². The lowest BCUT2D eigenvalue weighted by atomic mass is 9.97. The van der Waals surface area contributed by atoms with Gasteiger partial charge in [-0.15, -0.1) is 0 Å². The molecule has 0 aromatic rings. The molecule has 1 heterocycles.